The number of rotatable bonds is 5. The molecular formula is C7H12N4O4S. The van der Waals surface area contributed by atoms with Crippen molar-refractivity contribution < 1.29 is 17.9 Å². The molecule has 0 saturated heterocycles. The van der Waals surface area contributed by atoms with Gasteiger partial charge in [0.25, 0.3) is 0 Å². The summed E-state index contributed by atoms with van der Waals surface area (Å²) in [6, 6.07) is 0. The highest BCUT2D eigenvalue weighted by Crippen LogP contribution is 1.93. The Kier molecular flexibility index (Phi) is 4.26. The van der Waals surface area contributed by atoms with E-state index in [4.69, 9.17) is 0 Å². The van der Waals surface area contributed by atoms with Gasteiger partial charge in [-0.05, 0) is 6.92 Å². The van der Waals surface area contributed by atoms with Gasteiger partial charge in [-0.1, -0.05) is 0 Å². The molecule has 1 aromatic rings. The Morgan fingerprint density at radius 3 is 2.94 bits per heavy atom. The zero-order valence-corrected chi connectivity index (χ0v) is 9.37. The Bertz CT molecular complexity index is 427. The normalized spacial score (nSPS) is 11.1. The summed E-state index contributed by atoms with van der Waals surface area (Å²) < 4.78 is 30.8. The monoisotopic (exact) mass is 248 g/mol. The summed E-state index contributed by atoms with van der Waals surface area (Å²) in [5.41, 5.74) is 0.647. The predicted molar refractivity (Wildman–Crippen MR) is 54.5 cm³/mol. The van der Waals surface area contributed by atoms with Crippen LogP contribution in [0.4, 0.5) is 4.79 Å². The zero-order valence-electron chi connectivity index (χ0n) is 8.56. The van der Waals surface area contributed by atoms with Gasteiger partial charge >= 0.3 is 16.3 Å². The maximum absolute atomic E-state index is 11.3. The maximum atomic E-state index is 11.3. The van der Waals surface area contributed by atoms with Gasteiger partial charge in [0.05, 0.1) is 12.8 Å². The van der Waals surface area contributed by atoms with Crippen LogP contribution in [0.3, 0.4) is 0 Å². The van der Waals surface area contributed by atoms with Gasteiger partial charge in [-0.15, -0.1) is 0 Å². The summed E-state index contributed by atoms with van der Waals surface area (Å²) in [5, 5.41) is 6.17. The molecular weight excluding hydrogens is 236 g/mol. The van der Waals surface area contributed by atoms with Crippen LogP contribution in [-0.2, 0) is 21.5 Å². The topological polar surface area (TPSA) is 113 Å². The van der Waals surface area contributed by atoms with E-state index >= 15 is 0 Å². The SMILES string of the molecule is CCOC(=O)NS(=O)(=O)NCc1cn[nH]c1. The predicted octanol–water partition coefficient (Wildman–Crippen LogP) is -0.510. The smallest absolute Gasteiger partial charge is 0.421 e. The molecule has 0 fully saturated rings. The second-order valence-electron chi connectivity index (χ2n) is 2.75. The van der Waals surface area contributed by atoms with E-state index in [1.54, 1.807) is 11.6 Å². The van der Waals surface area contributed by atoms with Crippen LogP contribution in [0, 0.1) is 0 Å². The highest BCUT2D eigenvalue weighted by Gasteiger charge is 2.14. The van der Waals surface area contributed by atoms with Crippen molar-refractivity contribution in [3.63, 3.8) is 0 Å². The highest BCUT2D eigenvalue weighted by molar-refractivity contribution is 7.88. The summed E-state index contributed by atoms with van der Waals surface area (Å²) in [7, 11) is -3.90. The molecule has 0 spiro atoms. The minimum atomic E-state index is -3.90. The van der Waals surface area contributed by atoms with Crippen molar-refractivity contribution in [3.05, 3.63) is 18.0 Å². The molecule has 0 aliphatic rings. The number of nitrogens with zero attached hydrogens (tertiary/aromatic N) is 1. The van der Waals surface area contributed by atoms with Crippen molar-refractivity contribution in [1.82, 2.24) is 19.6 Å². The summed E-state index contributed by atoms with van der Waals surface area (Å²) in [6.07, 6.45) is 1.99. The second-order valence-corrected chi connectivity index (χ2v) is 4.25. The summed E-state index contributed by atoms with van der Waals surface area (Å²) in [4.78, 5) is 10.8. The van der Waals surface area contributed by atoms with Crippen LogP contribution in [0.2, 0.25) is 0 Å². The minimum absolute atomic E-state index is 0.0330. The van der Waals surface area contributed by atoms with Crippen LogP contribution in [-0.4, -0.2) is 31.3 Å². The number of carbonyl (C=O) groups is 1. The standard InChI is InChI=1S/C7H12N4O4S/c1-2-15-7(12)11-16(13,14)10-5-6-3-8-9-4-6/h3-4,10H,2,5H2,1H3,(H,8,9)(H,11,12). The van der Waals surface area contributed by atoms with Crippen LogP contribution in [0.1, 0.15) is 12.5 Å². The van der Waals surface area contributed by atoms with Crippen LogP contribution >= 0.6 is 0 Å². The molecule has 9 heteroatoms. The van der Waals surface area contributed by atoms with Crippen molar-refractivity contribution in [2.24, 2.45) is 0 Å². The summed E-state index contributed by atoms with van der Waals surface area (Å²) >= 11 is 0. The Balaban J connectivity index is 2.43. The molecule has 0 aliphatic heterocycles. The molecule has 0 atom stereocenters. The lowest BCUT2D eigenvalue weighted by Crippen LogP contribution is -2.40. The van der Waals surface area contributed by atoms with E-state index < -0.39 is 16.3 Å². The van der Waals surface area contributed by atoms with Crippen LogP contribution in [0.5, 0.6) is 0 Å². The molecule has 0 saturated carbocycles. The third-order valence-electron chi connectivity index (χ3n) is 1.51. The number of nitrogens with one attached hydrogen (secondary N) is 3. The van der Waals surface area contributed by atoms with E-state index in [0.717, 1.165) is 0 Å². The number of hydrogen-bond donors (Lipinski definition) is 3. The minimum Gasteiger partial charge on any atom is -0.449 e. The van der Waals surface area contributed by atoms with Crippen molar-refractivity contribution in [2.45, 2.75) is 13.5 Å². The Morgan fingerprint density at radius 1 is 1.62 bits per heavy atom. The number of ether oxygens (including phenoxy) is 1. The lowest BCUT2D eigenvalue weighted by atomic mass is 10.4. The summed E-state index contributed by atoms with van der Waals surface area (Å²) in [6.45, 7) is 1.71. The molecule has 1 heterocycles. The molecule has 0 bridgehead atoms. The fourth-order valence-corrected chi connectivity index (χ4v) is 1.57. The van der Waals surface area contributed by atoms with Crippen LogP contribution in [0.25, 0.3) is 0 Å². The van der Waals surface area contributed by atoms with Crippen LogP contribution in [0.15, 0.2) is 12.4 Å². The number of carbonyl (C=O) groups excluding carboxylic acids is 1. The van der Waals surface area contributed by atoms with E-state index in [9.17, 15) is 13.2 Å². The zero-order chi connectivity index (χ0) is 12.0. The van der Waals surface area contributed by atoms with Crippen molar-refractivity contribution in [1.29, 1.82) is 0 Å². The number of amides is 1. The number of aromatic amines is 1. The van der Waals surface area contributed by atoms with Gasteiger partial charge < -0.3 is 4.74 Å². The molecule has 0 radical (unpaired) electrons. The first-order chi connectivity index (χ1) is 7.53. The van der Waals surface area contributed by atoms with Gasteiger partial charge in [0, 0.05) is 18.3 Å². The first-order valence-corrected chi connectivity index (χ1v) is 5.93. The Labute approximate surface area is 92.6 Å². The fourth-order valence-electron chi connectivity index (χ4n) is 0.859. The highest BCUT2D eigenvalue weighted by atomic mass is 32.2. The molecule has 0 aromatic carbocycles. The van der Waals surface area contributed by atoms with Crippen LogP contribution < -0.4 is 9.44 Å². The molecule has 0 aliphatic carbocycles. The third-order valence-corrected chi connectivity index (χ3v) is 2.47. The molecule has 90 valence electrons. The van der Waals surface area contributed by atoms with Gasteiger partial charge in [0.15, 0.2) is 0 Å². The number of H-pyrrole nitrogens is 1. The molecule has 0 unspecified atom stereocenters. The molecule has 1 rings (SSSR count). The van der Waals surface area contributed by atoms with E-state index in [0.29, 0.717) is 5.56 Å². The number of hydrogen-bond acceptors (Lipinski definition) is 5. The average molecular weight is 248 g/mol. The van der Waals surface area contributed by atoms with Crippen molar-refractivity contribution in [2.75, 3.05) is 6.61 Å². The van der Waals surface area contributed by atoms with Gasteiger partial charge in [-0.3, -0.25) is 5.10 Å². The lowest BCUT2D eigenvalue weighted by molar-refractivity contribution is 0.158. The molecule has 1 amide bonds. The molecule has 3 N–H and O–H groups in total. The Hall–Kier alpha value is -1.61. The first-order valence-electron chi connectivity index (χ1n) is 4.45. The van der Waals surface area contributed by atoms with Crippen molar-refractivity contribution in [3.8, 4) is 0 Å². The second kappa shape index (κ2) is 5.47. The average Bonchev–Trinajstić information content (AvgIpc) is 2.66. The number of aromatic nitrogens is 2. The van der Waals surface area contributed by atoms with E-state index in [1.165, 1.54) is 12.4 Å². The van der Waals surface area contributed by atoms with Gasteiger partial charge in [-0.2, -0.15) is 18.2 Å². The van der Waals surface area contributed by atoms with Gasteiger partial charge in [0.1, 0.15) is 0 Å². The maximum Gasteiger partial charge on any atom is 0.421 e. The van der Waals surface area contributed by atoms with Crippen molar-refractivity contribution >= 4 is 16.3 Å². The first kappa shape index (κ1) is 12.5. The summed E-state index contributed by atoms with van der Waals surface area (Å²) in [5.74, 6) is 0. The van der Waals surface area contributed by atoms with E-state index in [1.807, 2.05) is 0 Å². The third kappa shape index (κ3) is 4.28. The van der Waals surface area contributed by atoms with E-state index in [-0.39, 0.29) is 13.2 Å². The molecule has 8 nitrogen and oxygen atoms in total. The van der Waals surface area contributed by atoms with E-state index in [2.05, 4.69) is 19.7 Å². The fraction of sp³-hybridized carbons (Fsp3) is 0.429. The molecule has 1 aromatic heterocycles. The largest absolute Gasteiger partial charge is 0.449 e. The quantitative estimate of drug-likeness (QED) is 0.649. The Morgan fingerprint density at radius 2 is 2.38 bits per heavy atom. The van der Waals surface area contributed by atoms with Gasteiger partial charge in [-0.25, -0.2) is 9.52 Å². The van der Waals surface area contributed by atoms with Gasteiger partial charge in [0.2, 0.25) is 0 Å². The molecule has 16 heavy (non-hydrogen) atoms. The lowest BCUT2D eigenvalue weighted by Gasteiger charge is -2.06.